The van der Waals surface area contributed by atoms with Crippen LogP contribution in [-0.2, 0) is 17.6 Å². The fraction of sp³-hybridized carbons (Fsp3) is 0.316. The van der Waals surface area contributed by atoms with Crippen LogP contribution >= 0.6 is 15.9 Å². The molecular formula is C19H20BrNO3. The molecule has 0 radical (unpaired) electrons. The van der Waals surface area contributed by atoms with Crippen LogP contribution in [0.5, 0.6) is 5.75 Å². The van der Waals surface area contributed by atoms with Crippen molar-refractivity contribution in [3.05, 3.63) is 63.6 Å². The van der Waals surface area contributed by atoms with E-state index in [0.717, 1.165) is 33.3 Å². The van der Waals surface area contributed by atoms with Crippen molar-refractivity contribution in [3.63, 3.8) is 0 Å². The smallest absolute Gasteiger partial charge is 0.220 e. The summed E-state index contributed by atoms with van der Waals surface area (Å²) in [6.45, 7) is 0.912. The summed E-state index contributed by atoms with van der Waals surface area (Å²) in [4.78, 5) is 12.0. The second-order valence-corrected chi connectivity index (χ2v) is 6.73. The lowest BCUT2D eigenvalue weighted by atomic mass is 10.0. The number of halogens is 1. The van der Waals surface area contributed by atoms with Crippen LogP contribution in [0.2, 0.25) is 0 Å². The first kappa shape index (κ1) is 17.0. The maximum atomic E-state index is 12.0. The molecule has 1 aliphatic heterocycles. The van der Waals surface area contributed by atoms with Gasteiger partial charge in [-0.15, -0.1) is 0 Å². The number of nitrogens with one attached hydrogen (secondary N) is 1. The second-order valence-electron chi connectivity index (χ2n) is 5.88. The van der Waals surface area contributed by atoms with Gasteiger partial charge >= 0.3 is 0 Å². The van der Waals surface area contributed by atoms with Gasteiger partial charge in [0.25, 0.3) is 0 Å². The van der Waals surface area contributed by atoms with Gasteiger partial charge in [-0.2, -0.15) is 0 Å². The number of carbonyl (C=O) groups is 1. The Morgan fingerprint density at radius 3 is 2.96 bits per heavy atom. The van der Waals surface area contributed by atoms with Gasteiger partial charge in [0.1, 0.15) is 5.75 Å². The minimum atomic E-state index is -0.705. The van der Waals surface area contributed by atoms with E-state index in [-0.39, 0.29) is 12.5 Å². The van der Waals surface area contributed by atoms with Crippen LogP contribution < -0.4 is 10.1 Å². The zero-order valence-corrected chi connectivity index (χ0v) is 14.9. The van der Waals surface area contributed by atoms with Crippen LogP contribution in [0.25, 0.3) is 0 Å². The van der Waals surface area contributed by atoms with Crippen molar-refractivity contribution in [2.75, 3.05) is 13.2 Å². The van der Waals surface area contributed by atoms with E-state index in [2.05, 4.69) is 21.2 Å². The average molecular weight is 390 g/mol. The van der Waals surface area contributed by atoms with Gasteiger partial charge in [0.15, 0.2) is 0 Å². The highest BCUT2D eigenvalue weighted by molar-refractivity contribution is 9.10. The van der Waals surface area contributed by atoms with Crippen molar-refractivity contribution in [1.82, 2.24) is 5.32 Å². The van der Waals surface area contributed by atoms with Gasteiger partial charge in [0.2, 0.25) is 5.91 Å². The third-order valence-electron chi connectivity index (χ3n) is 4.17. The normalized spacial score (nSPS) is 13.9. The summed E-state index contributed by atoms with van der Waals surface area (Å²) in [5.74, 6) is 0.831. The molecule has 0 aliphatic carbocycles. The van der Waals surface area contributed by atoms with E-state index in [0.29, 0.717) is 19.4 Å². The number of amides is 1. The Morgan fingerprint density at radius 1 is 1.29 bits per heavy atom. The Kier molecular flexibility index (Phi) is 5.53. The molecule has 0 saturated heterocycles. The summed E-state index contributed by atoms with van der Waals surface area (Å²) in [5, 5.41) is 13.1. The molecule has 126 valence electrons. The van der Waals surface area contributed by atoms with E-state index < -0.39 is 6.10 Å². The number of aryl methyl sites for hydroxylation is 1. The van der Waals surface area contributed by atoms with Gasteiger partial charge < -0.3 is 15.2 Å². The summed E-state index contributed by atoms with van der Waals surface area (Å²) in [6.07, 6.45) is 1.23. The van der Waals surface area contributed by atoms with Crippen LogP contribution in [-0.4, -0.2) is 24.2 Å². The third-order valence-corrected chi connectivity index (χ3v) is 4.94. The molecule has 4 nitrogen and oxygen atoms in total. The molecule has 24 heavy (non-hydrogen) atoms. The Balaban J connectivity index is 1.48. The van der Waals surface area contributed by atoms with Crippen molar-refractivity contribution < 1.29 is 14.6 Å². The first-order valence-corrected chi connectivity index (χ1v) is 8.86. The maximum Gasteiger partial charge on any atom is 0.220 e. The molecule has 2 aromatic rings. The average Bonchev–Trinajstić information content (AvgIpc) is 3.06. The highest BCUT2D eigenvalue weighted by Gasteiger charge is 2.16. The molecule has 0 aromatic heterocycles. The van der Waals surface area contributed by atoms with E-state index in [1.54, 1.807) is 0 Å². The van der Waals surface area contributed by atoms with Gasteiger partial charge in [-0.25, -0.2) is 0 Å². The van der Waals surface area contributed by atoms with Crippen LogP contribution in [0.1, 0.15) is 29.2 Å². The first-order valence-electron chi connectivity index (χ1n) is 8.07. The standard InChI is InChI=1S/C19H20BrNO3/c20-16-4-2-1-3-13(16)6-8-19(23)21-12-17(22)14-5-7-18-15(11-14)9-10-24-18/h1-5,7,11,17,22H,6,8-10,12H2,(H,21,23)/t17-/m0/s1. The minimum absolute atomic E-state index is 0.0608. The fourth-order valence-corrected chi connectivity index (χ4v) is 3.26. The summed E-state index contributed by atoms with van der Waals surface area (Å²) in [6, 6.07) is 13.6. The first-order chi connectivity index (χ1) is 11.6. The highest BCUT2D eigenvalue weighted by atomic mass is 79.9. The van der Waals surface area contributed by atoms with E-state index in [1.807, 2.05) is 42.5 Å². The Hall–Kier alpha value is -1.85. The predicted molar refractivity (Wildman–Crippen MR) is 96.1 cm³/mol. The Bertz CT molecular complexity index is 732. The number of aliphatic hydroxyl groups is 1. The summed E-state index contributed by atoms with van der Waals surface area (Å²) >= 11 is 3.48. The molecule has 0 spiro atoms. The van der Waals surface area contributed by atoms with Crippen molar-refractivity contribution >= 4 is 21.8 Å². The van der Waals surface area contributed by atoms with Crippen molar-refractivity contribution in [3.8, 4) is 5.75 Å². The van der Waals surface area contributed by atoms with E-state index >= 15 is 0 Å². The van der Waals surface area contributed by atoms with Crippen LogP contribution in [0.4, 0.5) is 0 Å². The number of benzene rings is 2. The maximum absolute atomic E-state index is 12.0. The number of hydrogen-bond acceptors (Lipinski definition) is 3. The topological polar surface area (TPSA) is 58.6 Å². The number of rotatable bonds is 6. The summed E-state index contributed by atoms with van der Waals surface area (Å²) in [5.41, 5.74) is 3.03. The van der Waals surface area contributed by atoms with Gasteiger partial charge in [-0.3, -0.25) is 4.79 Å². The molecule has 1 heterocycles. The number of ether oxygens (including phenoxy) is 1. The zero-order chi connectivity index (χ0) is 16.9. The van der Waals surface area contributed by atoms with Crippen LogP contribution in [0, 0.1) is 0 Å². The molecule has 0 bridgehead atoms. The molecule has 1 aliphatic rings. The predicted octanol–water partition coefficient (Wildman–Crippen LogP) is 3.17. The van der Waals surface area contributed by atoms with E-state index in [9.17, 15) is 9.90 Å². The Labute approximate surface area is 150 Å². The summed E-state index contributed by atoms with van der Waals surface area (Å²) in [7, 11) is 0. The molecule has 0 saturated carbocycles. The quantitative estimate of drug-likeness (QED) is 0.797. The fourth-order valence-electron chi connectivity index (χ4n) is 2.78. The zero-order valence-electron chi connectivity index (χ0n) is 13.3. The molecule has 1 amide bonds. The number of hydrogen-bond donors (Lipinski definition) is 2. The van der Waals surface area contributed by atoms with Gasteiger partial charge in [-0.1, -0.05) is 40.2 Å². The largest absolute Gasteiger partial charge is 0.493 e. The van der Waals surface area contributed by atoms with E-state index in [4.69, 9.17) is 4.74 Å². The van der Waals surface area contributed by atoms with Gasteiger partial charge in [0, 0.05) is 23.9 Å². The molecular weight excluding hydrogens is 370 g/mol. The third kappa shape index (κ3) is 4.16. The van der Waals surface area contributed by atoms with Crippen LogP contribution in [0.3, 0.4) is 0 Å². The second kappa shape index (κ2) is 7.81. The van der Waals surface area contributed by atoms with Gasteiger partial charge in [0.05, 0.1) is 12.7 Å². The molecule has 2 aromatic carbocycles. The number of aliphatic hydroxyl groups excluding tert-OH is 1. The van der Waals surface area contributed by atoms with Crippen molar-refractivity contribution in [2.45, 2.75) is 25.4 Å². The number of carbonyl (C=O) groups excluding carboxylic acids is 1. The Morgan fingerprint density at radius 2 is 2.12 bits per heavy atom. The molecule has 0 fully saturated rings. The summed E-state index contributed by atoms with van der Waals surface area (Å²) < 4.78 is 6.47. The van der Waals surface area contributed by atoms with Crippen LogP contribution in [0.15, 0.2) is 46.9 Å². The molecule has 3 rings (SSSR count). The lowest BCUT2D eigenvalue weighted by Gasteiger charge is -2.13. The van der Waals surface area contributed by atoms with Gasteiger partial charge in [-0.05, 0) is 41.3 Å². The van der Waals surface area contributed by atoms with Crippen molar-refractivity contribution in [1.29, 1.82) is 0 Å². The molecule has 2 N–H and O–H groups in total. The lowest BCUT2D eigenvalue weighted by Crippen LogP contribution is -2.28. The van der Waals surface area contributed by atoms with Crippen molar-refractivity contribution in [2.24, 2.45) is 0 Å². The monoisotopic (exact) mass is 389 g/mol. The SMILES string of the molecule is O=C(CCc1ccccc1Br)NC[C@H](O)c1ccc2c(c1)CCO2. The molecule has 0 unspecified atom stereocenters. The number of fused-ring (bicyclic) bond motifs is 1. The highest BCUT2D eigenvalue weighted by Crippen LogP contribution is 2.28. The van der Waals surface area contributed by atoms with E-state index in [1.165, 1.54) is 0 Å². The minimum Gasteiger partial charge on any atom is -0.493 e. The lowest BCUT2D eigenvalue weighted by molar-refractivity contribution is -0.121. The molecule has 5 heteroatoms. The molecule has 1 atom stereocenters.